The third-order valence-electron chi connectivity index (χ3n) is 16.3. The molecular weight excluding hydrogens is 1160 g/mol. The van der Waals surface area contributed by atoms with Crippen molar-refractivity contribution in [2.45, 2.75) is 368 Å². The molecule has 3 unspecified atom stereocenters. The summed E-state index contributed by atoms with van der Waals surface area (Å²) in [4.78, 5) is 72.3. The fourth-order valence-corrected chi connectivity index (χ4v) is 12.0. The Morgan fingerprint density at radius 3 is 0.864 bits per heavy atom. The van der Waals surface area contributed by atoms with E-state index in [-0.39, 0.29) is 25.7 Å². The Hall–Kier alpha value is -1.94. The molecule has 0 saturated carbocycles. The number of hydrogen-bond donors (Lipinski definition) is 3. The highest BCUT2D eigenvalue weighted by atomic mass is 31.2. The minimum atomic E-state index is -4.95. The van der Waals surface area contributed by atoms with Gasteiger partial charge < -0.3 is 33.8 Å². The minimum Gasteiger partial charge on any atom is -0.462 e. The molecule has 0 fully saturated rings. The van der Waals surface area contributed by atoms with E-state index in [1.165, 1.54) is 154 Å². The highest BCUT2D eigenvalue weighted by molar-refractivity contribution is 7.47. The smallest absolute Gasteiger partial charge is 0.462 e. The summed E-state index contributed by atoms with van der Waals surface area (Å²) in [5.41, 5.74) is 0. The monoisotopic (exact) mass is 1300 g/mol. The Morgan fingerprint density at radius 2 is 0.580 bits per heavy atom. The van der Waals surface area contributed by atoms with Crippen LogP contribution in [0.4, 0.5) is 0 Å². The zero-order valence-electron chi connectivity index (χ0n) is 57.0. The molecule has 0 spiro atoms. The average Bonchev–Trinajstić information content (AvgIpc) is 3.60. The summed E-state index contributed by atoms with van der Waals surface area (Å²) < 4.78 is 68.1. The summed E-state index contributed by atoms with van der Waals surface area (Å²) in [5, 5.41) is 10.6. The lowest BCUT2D eigenvalue weighted by molar-refractivity contribution is -0.161. The number of rotatable bonds is 68. The summed E-state index contributed by atoms with van der Waals surface area (Å²) in [7, 11) is -9.89. The lowest BCUT2D eigenvalue weighted by Crippen LogP contribution is -2.30. The number of ether oxygens (including phenoxy) is 4. The first-order chi connectivity index (χ1) is 42.4. The second-order valence-electron chi connectivity index (χ2n) is 25.6. The van der Waals surface area contributed by atoms with Crippen molar-refractivity contribution in [3.05, 3.63) is 0 Å². The van der Waals surface area contributed by atoms with Gasteiger partial charge in [-0.1, -0.05) is 298 Å². The molecule has 0 heterocycles. The van der Waals surface area contributed by atoms with Crippen LogP contribution in [-0.4, -0.2) is 96.7 Å². The molecule has 522 valence electrons. The maximum Gasteiger partial charge on any atom is 0.472 e. The molecule has 0 rings (SSSR count). The van der Waals surface area contributed by atoms with Crippen LogP contribution >= 0.6 is 15.6 Å². The maximum atomic E-state index is 13.0. The van der Waals surface area contributed by atoms with Crippen LogP contribution in [0.5, 0.6) is 0 Å². The van der Waals surface area contributed by atoms with E-state index in [0.717, 1.165) is 109 Å². The topological polar surface area (TPSA) is 237 Å². The molecule has 0 saturated heterocycles. The summed E-state index contributed by atoms with van der Waals surface area (Å²) >= 11 is 0. The number of unbranched alkanes of at least 4 members (excludes halogenated alkanes) is 37. The summed E-state index contributed by atoms with van der Waals surface area (Å²) in [5.74, 6) is -0.626. The van der Waals surface area contributed by atoms with Gasteiger partial charge in [-0.3, -0.25) is 37.3 Å². The normalized spacial score (nSPS) is 14.5. The van der Waals surface area contributed by atoms with E-state index < -0.39 is 97.5 Å². The van der Waals surface area contributed by atoms with Crippen molar-refractivity contribution in [1.29, 1.82) is 0 Å². The SMILES string of the molecule is CCCCCCCCCCCCCCCCCCCC(=O)O[C@H](COC(=O)CCCCCCCCCCCCC(C)CC)COP(=O)(O)OC[C@@H](O)COP(=O)(O)OC[C@@H](COC(=O)CCCCCCCCC)OC(=O)CCCCCCCCCC(C)C. The number of phosphoric ester groups is 2. The van der Waals surface area contributed by atoms with Gasteiger partial charge in [0.15, 0.2) is 12.2 Å². The van der Waals surface area contributed by atoms with E-state index >= 15 is 0 Å². The standard InChI is InChI=1S/C69H134O17P2/c1-7-10-12-14-16-17-18-19-20-21-22-23-24-29-35-41-47-53-68(73)85-65(58-80-67(72)52-46-40-34-28-26-25-27-33-38-44-50-62(6)9-3)60-84-88(77,78)82-56-63(70)55-81-87(75,76)83-59-64(57-79-66(71)51-45-39-31-15-13-11-8-2)86-69(74)54-48-42-36-30-32-37-43-49-61(4)5/h61-65,70H,7-60H2,1-6H3,(H,75,76)(H,77,78)/t62?,63-,64+,65+/m0/s1. The van der Waals surface area contributed by atoms with E-state index in [4.69, 9.17) is 37.0 Å². The zero-order valence-corrected chi connectivity index (χ0v) is 58.8. The predicted octanol–water partition coefficient (Wildman–Crippen LogP) is 19.6. The Morgan fingerprint density at radius 1 is 0.330 bits per heavy atom. The molecule has 0 aromatic carbocycles. The molecule has 3 N–H and O–H groups in total. The van der Waals surface area contributed by atoms with Gasteiger partial charge in [0.2, 0.25) is 0 Å². The highest BCUT2D eigenvalue weighted by Crippen LogP contribution is 2.45. The molecule has 0 aliphatic heterocycles. The van der Waals surface area contributed by atoms with Gasteiger partial charge in [0.25, 0.3) is 0 Å². The minimum absolute atomic E-state index is 0.103. The Balaban J connectivity index is 5.20. The second kappa shape index (κ2) is 61.3. The van der Waals surface area contributed by atoms with Gasteiger partial charge in [-0.15, -0.1) is 0 Å². The lowest BCUT2D eigenvalue weighted by Gasteiger charge is -2.21. The molecule has 0 aliphatic rings. The average molecular weight is 1300 g/mol. The highest BCUT2D eigenvalue weighted by Gasteiger charge is 2.30. The molecule has 88 heavy (non-hydrogen) atoms. The van der Waals surface area contributed by atoms with E-state index in [1.54, 1.807) is 0 Å². The number of aliphatic hydroxyl groups is 1. The van der Waals surface area contributed by atoms with E-state index in [0.29, 0.717) is 31.6 Å². The molecule has 0 aromatic heterocycles. The number of carbonyl (C=O) groups is 4. The van der Waals surface area contributed by atoms with E-state index in [1.807, 2.05) is 0 Å². The Labute approximate surface area is 537 Å². The van der Waals surface area contributed by atoms with Crippen LogP contribution in [0.2, 0.25) is 0 Å². The quantitative estimate of drug-likeness (QED) is 0.0222. The first-order valence-corrected chi connectivity index (χ1v) is 39.0. The fraction of sp³-hybridized carbons (Fsp3) is 0.942. The predicted molar refractivity (Wildman–Crippen MR) is 354 cm³/mol. The van der Waals surface area contributed by atoms with Crippen molar-refractivity contribution in [2.75, 3.05) is 39.6 Å². The number of esters is 4. The van der Waals surface area contributed by atoms with E-state index in [2.05, 4.69) is 41.5 Å². The summed E-state index contributed by atoms with van der Waals surface area (Å²) in [6.07, 6.45) is 46.0. The molecule has 6 atom stereocenters. The number of aliphatic hydroxyl groups excluding tert-OH is 1. The maximum absolute atomic E-state index is 13.0. The third-order valence-corrected chi connectivity index (χ3v) is 18.2. The van der Waals surface area contributed by atoms with Gasteiger partial charge >= 0.3 is 39.5 Å². The fourth-order valence-electron chi connectivity index (χ4n) is 10.4. The van der Waals surface area contributed by atoms with Crippen LogP contribution in [0.1, 0.15) is 350 Å². The van der Waals surface area contributed by atoms with Crippen LogP contribution in [0, 0.1) is 11.8 Å². The van der Waals surface area contributed by atoms with Crippen molar-refractivity contribution in [2.24, 2.45) is 11.8 Å². The molecule has 0 aromatic rings. The van der Waals surface area contributed by atoms with Crippen LogP contribution in [0.25, 0.3) is 0 Å². The molecule has 19 heteroatoms. The van der Waals surface area contributed by atoms with Crippen molar-refractivity contribution >= 4 is 39.5 Å². The van der Waals surface area contributed by atoms with Gasteiger partial charge in [-0.2, -0.15) is 0 Å². The van der Waals surface area contributed by atoms with Crippen LogP contribution in [0.3, 0.4) is 0 Å². The molecule has 0 bridgehead atoms. The third kappa shape index (κ3) is 61.6. The van der Waals surface area contributed by atoms with Gasteiger partial charge in [0.1, 0.15) is 19.3 Å². The lowest BCUT2D eigenvalue weighted by atomic mass is 9.99. The number of phosphoric acid groups is 2. The molecule has 0 aliphatic carbocycles. The first-order valence-electron chi connectivity index (χ1n) is 36.0. The van der Waals surface area contributed by atoms with Crippen molar-refractivity contribution in [1.82, 2.24) is 0 Å². The zero-order chi connectivity index (χ0) is 65.0. The second-order valence-corrected chi connectivity index (χ2v) is 28.5. The van der Waals surface area contributed by atoms with E-state index in [9.17, 15) is 43.2 Å². The molecule has 17 nitrogen and oxygen atoms in total. The largest absolute Gasteiger partial charge is 0.472 e. The molecule has 0 radical (unpaired) electrons. The Bertz CT molecular complexity index is 1720. The van der Waals surface area contributed by atoms with Crippen molar-refractivity contribution < 1.29 is 80.2 Å². The van der Waals surface area contributed by atoms with Crippen LogP contribution in [0.15, 0.2) is 0 Å². The van der Waals surface area contributed by atoms with Gasteiger partial charge in [-0.05, 0) is 37.5 Å². The summed E-state index contributed by atoms with van der Waals surface area (Å²) in [6.45, 7) is 9.46. The Kier molecular flexibility index (Phi) is 59.9. The summed E-state index contributed by atoms with van der Waals surface area (Å²) in [6, 6.07) is 0. The van der Waals surface area contributed by atoms with Crippen molar-refractivity contribution in [3.63, 3.8) is 0 Å². The van der Waals surface area contributed by atoms with Gasteiger partial charge in [0, 0.05) is 25.7 Å². The van der Waals surface area contributed by atoms with Crippen LogP contribution in [-0.2, 0) is 65.4 Å². The van der Waals surface area contributed by atoms with Gasteiger partial charge in [-0.25, -0.2) is 9.13 Å². The molecular formula is C69H134O17P2. The van der Waals surface area contributed by atoms with Gasteiger partial charge in [0.05, 0.1) is 26.4 Å². The first kappa shape index (κ1) is 86.1. The number of hydrogen-bond acceptors (Lipinski definition) is 15. The molecule has 0 amide bonds. The van der Waals surface area contributed by atoms with Crippen molar-refractivity contribution in [3.8, 4) is 0 Å². The van der Waals surface area contributed by atoms with Crippen LogP contribution < -0.4 is 0 Å². The number of carbonyl (C=O) groups excluding carboxylic acids is 4.